The zero-order chi connectivity index (χ0) is 18.1. The first-order chi connectivity index (χ1) is 12.6. The summed E-state index contributed by atoms with van der Waals surface area (Å²) < 4.78 is 5.72. The van der Waals surface area contributed by atoms with Crippen LogP contribution in [0.2, 0.25) is 0 Å². The van der Waals surface area contributed by atoms with E-state index in [1.54, 1.807) is 0 Å². The van der Waals surface area contributed by atoms with Crippen LogP contribution < -0.4 is 0 Å². The molecule has 1 amide bonds. The predicted octanol–water partition coefficient (Wildman–Crippen LogP) is 2.91. The Labute approximate surface area is 154 Å². The number of carboxylic acids is 1. The lowest BCUT2D eigenvalue weighted by Crippen LogP contribution is -2.43. The molecule has 3 aliphatic rings. The molecule has 2 heterocycles. The summed E-state index contributed by atoms with van der Waals surface area (Å²) in [6.07, 6.45) is 3.90. The van der Waals surface area contributed by atoms with Gasteiger partial charge in [0, 0.05) is 26.1 Å². The van der Waals surface area contributed by atoms with Gasteiger partial charge in [-0.15, -0.1) is 0 Å². The molecule has 1 aromatic carbocycles. The third-order valence-electron chi connectivity index (χ3n) is 6.40. The first kappa shape index (κ1) is 17.5. The van der Waals surface area contributed by atoms with E-state index < -0.39 is 5.97 Å². The number of rotatable bonds is 5. The van der Waals surface area contributed by atoms with Gasteiger partial charge in [-0.05, 0) is 49.0 Å². The number of carbonyl (C=O) groups is 2. The lowest BCUT2D eigenvalue weighted by Gasteiger charge is -2.35. The van der Waals surface area contributed by atoms with Crippen molar-refractivity contribution in [3.8, 4) is 0 Å². The van der Waals surface area contributed by atoms with Crippen LogP contribution in [0.1, 0.15) is 43.6 Å². The Kier molecular flexibility index (Phi) is 4.98. The van der Waals surface area contributed by atoms with Gasteiger partial charge in [0.05, 0.1) is 12.0 Å². The molecule has 1 saturated carbocycles. The Morgan fingerprint density at radius 1 is 1.12 bits per heavy atom. The molecular weight excluding hydrogens is 330 g/mol. The molecule has 5 heteroatoms. The van der Waals surface area contributed by atoms with Crippen molar-refractivity contribution >= 4 is 11.9 Å². The fraction of sp³-hybridized carbons (Fsp3) is 0.619. The molecule has 0 radical (unpaired) electrons. The zero-order valence-corrected chi connectivity index (χ0v) is 15.0. The summed E-state index contributed by atoms with van der Waals surface area (Å²) in [4.78, 5) is 26.0. The summed E-state index contributed by atoms with van der Waals surface area (Å²) in [6, 6.07) is 10.5. The fourth-order valence-corrected chi connectivity index (χ4v) is 4.75. The second kappa shape index (κ2) is 7.39. The van der Waals surface area contributed by atoms with Crippen LogP contribution in [0.25, 0.3) is 0 Å². The molecule has 0 bridgehead atoms. The van der Waals surface area contributed by atoms with Crippen molar-refractivity contribution in [2.75, 3.05) is 19.7 Å². The molecule has 4 atom stereocenters. The van der Waals surface area contributed by atoms with Crippen LogP contribution in [0.4, 0.5) is 0 Å². The number of benzene rings is 1. The molecule has 0 spiro atoms. The number of aliphatic carboxylic acids is 1. The average Bonchev–Trinajstić information content (AvgIpc) is 3.24. The van der Waals surface area contributed by atoms with E-state index in [1.165, 1.54) is 5.56 Å². The Bertz CT molecular complexity index is 653. The second-order valence-corrected chi connectivity index (χ2v) is 8.00. The van der Waals surface area contributed by atoms with Crippen LogP contribution in [0.15, 0.2) is 30.3 Å². The van der Waals surface area contributed by atoms with Crippen LogP contribution in [0.3, 0.4) is 0 Å². The first-order valence-corrected chi connectivity index (χ1v) is 9.80. The van der Waals surface area contributed by atoms with E-state index >= 15 is 0 Å². The number of piperidine rings is 1. The van der Waals surface area contributed by atoms with Gasteiger partial charge < -0.3 is 14.7 Å². The number of ether oxygens (including phenoxy) is 1. The normalized spacial score (nSPS) is 31.8. The molecule has 26 heavy (non-hydrogen) atoms. The van der Waals surface area contributed by atoms with E-state index in [9.17, 15) is 14.7 Å². The maximum absolute atomic E-state index is 12.6. The predicted molar refractivity (Wildman–Crippen MR) is 96.7 cm³/mol. The average molecular weight is 357 g/mol. The van der Waals surface area contributed by atoms with Gasteiger partial charge in [0.1, 0.15) is 0 Å². The van der Waals surface area contributed by atoms with Crippen LogP contribution in [-0.4, -0.2) is 47.7 Å². The summed E-state index contributed by atoms with van der Waals surface area (Å²) in [5.41, 5.74) is 1.35. The van der Waals surface area contributed by atoms with E-state index in [0.717, 1.165) is 32.4 Å². The van der Waals surface area contributed by atoms with Crippen molar-refractivity contribution in [3.05, 3.63) is 35.9 Å². The summed E-state index contributed by atoms with van der Waals surface area (Å²) in [5.74, 6) is 0.430. The highest BCUT2D eigenvalue weighted by Gasteiger charge is 2.43. The minimum atomic E-state index is -0.744. The minimum Gasteiger partial charge on any atom is -0.481 e. The molecule has 2 aliphatic heterocycles. The van der Waals surface area contributed by atoms with Crippen molar-refractivity contribution in [2.45, 2.75) is 44.1 Å². The topological polar surface area (TPSA) is 66.8 Å². The summed E-state index contributed by atoms with van der Waals surface area (Å²) in [5, 5.41) is 9.33. The highest BCUT2D eigenvalue weighted by molar-refractivity contribution is 5.77. The third-order valence-corrected chi connectivity index (χ3v) is 6.40. The largest absolute Gasteiger partial charge is 0.481 e. The summed E-state index contributed by atoms with van der Waals surface area (Å²) in [6.45, 7) is 2.01. The zero-order valence-electron chi connectivity index (χ0n) is 15.0. The highest BCUT2D eigenvalue weighted by Crippen LogP contribution is 2.49. The van der Waals surface area contributed by atoms with Crippen molar-refractivity contribution in [1.82, 2.24) is 4.90 Å². The quantitative estimate of drug-likeness (QED) is 0.880. The molecule has 1 N–H and O–H groups in total. The third kappa shape index (κ3) is 3.63. The molecule has 140 valence electrons. The van der Waals surface area contributed by atoms with Gasteiger partial charge in [-0.2, -0.15) is 0 Å². The number of hydrogen-bond donors (Lipinski definition) is 1. The first-order valence-electron chi connectivity index (χ1n) is 9.80. The molecule has 5 nitrogen and oxygen atoms in total. The molecule has 4 rings (SSSR count). The fourth-order valence-electron chi connectivity index (χ4n) is 4.75. The van der Waals surface area contributed by atoms with Gasteiger partial charge in [-0.25, -0.2) is 0 Å². The highest BCUT2D eigenvalue weighted by atomic mass is 16.5. The molecule has 3 fully saturated rings. The maximum Gasteiger partial charge on any atom is 0.309 e. The molecule has 1 aromatic rings. The Hall–Kier alpha value is -1.88. The van der Waals surface area contributed by atoms with Gasteiger partial charge in [-0.1, -0.05) is 30.3 Å². The molecule has 0 aromatic heterocycles. The van der Waals surface area contributed by atoms with E-state index in [1.807, 2.05) is 11.0 Å². The van der Waals surface area contributed by atoms with Gasteiger partial charge in [0.25, 0.3) is 0 Å². The van der Waals surface area contributed by atoms with E-state index in [-0.39, 0.29) is 23.8 Å². The van der Waals surface area contributed by atoms with Gasteiger partial charge in [-0.3, -0.25) is 9.59 Å². The van der Waals surface area contributed by atoms with Crippen molar-refractivity contribution in [2.24, 2.45) is 17.8 Å². The van der Waals surface area contributed by atoms with Crippen molar-refractivity contribution < 1.29 is 19.4 Å². The van der Waals surface area contributed by atoms with Crippen LogP contribution in [0, 0.1) is 17.8 Å². The number of carboxylic acid groups (broad SMARTS) is 1. The lowest BCUT2D eigenvalue weighted by atomic mass is 9.84. The standard InChI is InChI=1S/C21H27NO4/c23-19(13-16-12-18(16)14-4-2-1-3-5-14)22-9-6-15(7-10-22)20-17(21(24)25)8-11-26-20/h1-5,15-18,20H,6-13H2,(H,24,25)/t16-,17?,18-,20-/m0/s1. The number of carbonyl (C=O) groups excluding carboxylic acids is 1. The Balaban J connectivity index is 1.25. The Morgan fingerprint density at radius 2 is 1.85 bits per heavy atom. The van der Waals surface area contributed by atoms with Gasteiger partial charge in [0.15, 0.2) is 0 Å². The maximum atomic E-state index is 12.6. The second-order valence-electron chi connectivity index (χ2n) is 8.00. The number of nitrogens with zero attached hydrogens (tertiary/aromatic N) is 1. The van der Waals surface area contributed by atoms with E-state index in [4.69, 9.17) is 4.74 Å². The molecule has 1 unspecified atom stereocenters. The smallest absolute Gasteiger partial charge is 0.309 e. The SMILES string of the molecule is O=C(O)C1CCO[C@H]1C1CCN(C(=O)C[C@@H]2C[C@H]2c2ccccc2)CC1. The monoisotopic (exact) mass is 357 g/mol. The van der Waals surface area contributed by atoms with Crippen LogP contribution in [0.5, 0.6) is 0 Å². The van der Waals surface area contributed by atoms with Gasteiger partial charge in [0.2, 0.25) is 5.91 Å². The summed E-state index contributed by atoms with van der Waals surface area (Å²) >= 11 is 0. The van der Waals surface area contributed by atoms with Gasteiger partial charge >= 0.3 is 5.97 Å². The summed E-state index contributed by atoms with van der Waals surface area (Å²) in [7, 11) is 0. The molecule has 1 aliphatic carbocycles. The van der Waals surface area contributed by atoms with Crippen molar-refractivity contribution in [1.29, 1.82) is 0 Å². The number of amides is 1. The molecular formula is C21H27NO4. The molecule has 2 saturated heterocycles. The van der Waals surface area contributed by atoms with E-state index in [0.29, 0.717) is 31.3 Å². The lowest BCUT2D eigenvalue weighted by molar-refractivity contribution is -0.146. The van der Waals surface area contributed by atoms with E-state index in [2.05, 4.69) is 24.3 Å². The Morgan fingerprint density at radius 3 is 2.54 bits per heavy atom. The minimum absolute atomic E-state index is 0.171. The van der Waals surface area contributed by atoms with Crippen LogP contribution in [-0.2, 0) is 14.3 Å². The number of hydrogen-bond acceptors (Lipinski definition) is 3. The number of likely N-dealkylation sites (tertiary alicyclic amines) is 1. The van der Waals surface area contributed by atoms with Crippen LogP contribution >= 0.6 is 0 Å². The van der Waals surface area contributed by atoms with Crippen molar-refractivity contribution in [3.63, 3.8) is 0 Å².